The fraction of sp³-hybridized carbons (Fsp3) is 0.289. The van der Waals surface area contributed by atoms with Crippen LogP contribution in [0, 0.1) is 0 Å². The van der Waals surface area contributed by atoms with Crippen molar-refractivity contribution in [3.8, 4) is 11.1 Å². The number of hydrogen-bond acceptors (Lipinski definition) is 8. The predicted molar refractivity (Wildman–Crippen MR) is 178 cm³/mol. The number of carbonyl (C=O) groups is 1. The van der Waals surface area contributed by atoms with Gasteiger partial charge in [0.2, 0.25) is 0 Å². The van der Waals surface area contributed by atoms with Gasteiger partial charge in [-0.25, -0.2) is 4.98 Å². The first-order chi connectivity index (χ1) is 23.1. The van der Waals surface area contributed by atoms with E-state index in [1.54, 1.807) is 0 Å². The smallest absolute Gasteiger partial charge is 0.271 e. The molecule has 7 rings (SSSR count). The van der Waals surface area contributed by atoms with Crippen LogP contribution >= 0.6 is 0 Å². The van der Waals surface area contributed by atoms with Crippen molar-refractivity contribution in [2.45, 2.75) is 38.1 Å². The Balaban J connectivity index is 1.07. The Hall–Kier alpha value is -4.51. The topological polar surface area (TPSA) is 106 Å². The molecule has 1 amide bonds. The van der Waals surface area contributed by atoms with Crippen molar-refractivity contribution in [1.29, 1.82) is 0 Å². The number of aromatic nitrogens is 2. The number of benzene rings is 4. The Morgan fingerprint density at radius 1 is 0.851 bits per heavy atom. The van der Waals surface area contributed by atoms with Crippen LogP contribution in [0.3, 0.4) is 0 Å². The van der Waals surface area contributed by atoms with E-state index < -0.39 is 6.29 Å². The average Bonchev–Trinajstić information content (AvgIpc) is 3.14. The molecule has 2 saturated heterocycles. The third kappa shape index (κ3) is 7.40. The summed E-state index contributed by atoms with van der Waals surface area (Å²) in [7, 11) is 0. The minimum Gasteiger partial charge on any atom is -0.392 e. The number of carbonyl (C=O) groups excluding carboxylic acids is 1. The molecular formula is C38H38N4O5. The molecule has 47 heavy (non-hydrogen) atoms. The van der Waals surface area contributed by atoms with Crippen molar-refractivity contribution in [3.63, 3.8) is 0 Å². The highest BCUT2D eigenvalue weighted by atomic mass is 16.7. The Kier molecular flexibility index (Phi) is 9.60. The van der Waals surface area contributed by atoms with Crippen molar-refractivity contribution in [1.82, 2.24) is 20.2 Å². The molecule has 3 atom stereocenters. The summed E-state index contributed by atoms with van der Waals surface area (Å²) in [6, 6.07) is 31.8. The van der Waals surface area contributed by atoms with Crippen molar-refractivity contribution < 1.29 is 24.1 Å². The minimum atomic E-state index is -0.524. The number of morpholine rings is 1. The van der Waals surface area contributed by atoms with Crippen LogP contribution in [0.25, 0.3) is 22.2 Å². The second-order valence-electron chi connectivity index (χ2n) is 12.0. The van der Waals surface area contributed by atoms with Gasteiger partial charge in [0, 0.05) is 38.2 Å². The number of para-hydroxylation sites is 2. The highest BCUT2D eigenvalue weighted by molar-refractivity contribution is 5.93. The van der Waals surface area contributed by atoms with Crippen molar-refractivity contribution >= 4 is 16.9 Å². The van der Waals surface area contributed by atoms with Crippen molar-refractivity contribution in [2.24, 2.45) is 0 Å². The number of ether oxygens (including phenoxy) is 3. The van der Waals surface area contributed by atoms with E-state index in [4.69, 9.17) is 14.2 Å². The molecule has 2 fully saturated rings. The largest absolute Gasteiger partial charge is 0.392 e. The molecule has 2 N–H and O–H groups in total. The molecule has 9 heteroatoms. The first-order valence-corrected chi connectivity index (χ1v) is 16.1. The zero-order valence-corrected chi connectivity index (χ0v) is 26.1. The molecule has 0 aliphatic carbocycles. The lowest BCUT2D eigenvalue weighted by Crippen LogP contribution is -2.44. The third-order valence-corrected chi connectivity index (χ3v) is 8.81. The summed E-state index contributed by atoms with van der Waals surface area (Å²) in [6.07, 6.45) is 1.59. The molecule has 9 nitrogen and oxygen atoms in total. The van der Waals surface area contributed by atoms with Gasteiger partial charge in [0.15, 0.2) is 6.29 Å². The van der Waals surface area contributed by atoms with Crippen molar-refractivity contribution in [2.75, 3.05) is 32.8 Å². The van der Waals surface area contributed by atoms with Gasteiger partial charge >= 0.3 is 0 Å². The molecule has 2 aliphatic heterocycles. The summed E-state index contributed by atoms with van der Waals surface area (Å²) in [4.78, 5) is 24.2. The fourth-order valence-electron chi connectivity index (χ4n) is 6.21. The lowest BCUT2D eigenvalue weighted by Gasteiger charge is -2.39. The molecule has 0 spiro atoms. The third-order valence-electron chi connectivity index (χ3n) is 8.81. The molecule has 3 heterocycles. The highest BCUT2D eigenvalue weighted by Crippen LogP contribution is 2.39. The van der Waals surface area contributed by atoms with Crippen LogP contribution in [0.4, 0.5) is 0 Å². The summed E-state index contributed by atoms with van der Waals surface area (Å²) in [5, 5.41) is 12.5. The van der Waals surface area contributed by atoms with E-state index in [-0.39, 0.29) is 30.4 Å². The van der Waals surface area contributed by atoms with E-state index in [1.807, 2.05) is 66.7 Å². The Bertz CT molecular complexity index is 1810. The maximum absolute atomic E-state index is 13.0. The second-order valence-corrected chi connectivity index (χ2v) is 12.0. The first kappa shape index (κ1) is 31.1. The van der Waals surface area contributed by atoms with Gasteiger partial charge in [-0.1, -0.05) is 84.9 Å². The minimum absolute atomic E-state index is 0.00863. The molecule has 0 bridgehead atoms. The lowest BCUT2D eigenvalue weighted by molar-refractivity contribution is -0.253. The number of nitrogens with one attached hydrogen (secondary N) is 1. The number of aliphatic hydroxyl groups excluding tert-OH is 1. The van der Waals surface area contributed by atoms with Gasteiger partial charge in [-0.2, -0.15) is 0 Å². The van der Waals surface area contributed by atoms with Crippen LogP contribution in [-0.2, 0) is 27.4 Å². The number of amides is 1. The fourth-order valence-corrected chi connectivity index (χ4v) is 6.21. The zero-order chi connectivity index (χ0) is 32.0. The predicted octanol–water partition coefficient (Wildman–Crippen LogP) is 5.60. The van der Waals surface area contributed by atoms with Crippen LogP contribution in [0.5, 0.6) is 0 Å². The number of nitrogens with zero attached hydrogens (tertiary/aromatic N) is 3. The summed E-state index contributed by atoms with van der Waals surface area (Å²) in [5.74, 6) is -0.271. The molecular weight excluding hydrogens is 592 g/mol. The SMILES string of the molecule is O=C(NCc1ccccc1-c1ccc([C@H]2O[C@@H](CN3CCOCC3)C[C@@H](c3ccc(CO)cc3)O2)cc1)c1cnc2ccccc2n1. The maximum Gasteiger partial charge on any atom is 0.271 e. The number of aliphatic hydroxyl groups is 1. The molecule has 240 valence electrons. The first-order valence-electron chi connectivity index (χ1n) is 16.1. The summed E-state index contributed by atoms with van der Waals surface area (Å²) in [6.45, 7) is 4.44. The molecule has 0 radical (unpaired) electrons. The van der Waals surface area contributed by atoms with Gasteiger partial charge in [-0.05, 0) is 39.9 Å². The van der Waals surface area contributed by atoms with E-state index in [9.17, 15) is 9.90 Å². The quantitative estimate of drug-likeness (QED) is 0.217. The number of hydrogen-bond donors (Lipinski definition) is 2. The van der Waals surface area contributed by atoms with E-state index >= 15 is 0 Å². The Labute approximate surface area is 274 Å². The molecule has 1 aromatic heterocycles. The van der Waals surface area contributed by atoms with Crippen molar-refractivity contribution in [3.05, 3.63) is 131 Å². The highest BCUT2D eigenvalue weighted by Gasteiger charge is 2.33. The van der Waals surface area contributed by atoms with Gasteiger partial charge in [-0.3, -0.25) is 14.7 Å². The van der Waals surface area contributed by atoms with E-state index in [0.717, 1.165) is 78.2 Å². The monoisotopic (exact) mass is 630 g/mol. The Morgan fingerprint density at radius 3 is 2.36 bits per heavy atom. The molecule has 4 aromatic carbocycles. The van der Waals surface area contributed by atoms with Crippen LogP contribution in [0.1, 0.15) is 51.6 Å². The number of fused-ring (bicyclic) bond motifs is 1. The average molecular weight is 631 g/mol. The van der Waals surface area contributed by atoms with E-state index in [0.29, 0.717) is 12.1 Å². The van der Waals surface area contributed by atoms with Crippen LogP contribution in [-0.4, -0.2) is 64.8 Å². The number of rotatable bonds is 9. The van der Waals surface area contributed by atoms with Crippen LogP contribution < -0.4 is 5.32 Å². The lowest BCUT2D eigenvalue weighted by atomic mass is 9.97. The maximum atomic E-state index is 13.0. The molecule has 0 saturated carbocycles. The van der Waals surface area contributed by atoms with Crippen LogP contribution in [0.15, 0.2) is 103 Å². The summed E-state index contributed by atoms with van der Waals surface area (Å²) >= 11 is 0. The van der Waals surface area contributed by atoms with Crippen LogP contribution in [0.2, 0.25) is 0 Å². The van der Waals surface area contributed by atoms with Gasteiger partial charge in [-0.15, -0.1) is 0 Å². The normalized spacial score (nSPS) is 20.2. The van der Waals surface area contributed by atoms with Gasteiger partial charge in [0.25, 0.3) is 5.91 Å². The molecule has 2 aliphatic rings. The molecule has 5 aromatic rings. The summed E-state index contributed by atoms with van der Waals surface area (Å²) < 4.78 is 18.7. The van der Waals surface area contributed by atoms with Gasteiger partial charge < -0.3 is 24.6 Å². The van der Waals surface area contributed by atoms with E-state index in [2.05, 4.69) is 50.5 Å². The standard InChI is InChI=1S/C38H38N4O5/c43-25-26-9-11-28(12-10-26)36-21-31(24-42-17-19-45-20-18-42)46-38(47-36)29-15-13-27(14-16-29)32-6-2-1-5-30(32)22-40-37(44)35-23-39-33-7-3-4-8-34(33)41-35/h1-16,23,31,36,38,43H,17-22,24-25H2,(H,40,44)/t31-,36+,38+/m1/s1. The van der Waals surface area contributed by atoms with Gasteiger partial charge in [0.05, 0.1) is 49.3 Å². The zero-order valence-electron chi connectivity index (χ0n) is 26.1. The van der Waals surface area contributed by atoms with Gasteiger partial charge in [0.1, 0.15) is 5.69 Å². The van der Waals surface area contributed by atoms with E-state index in [1.165, 1.54) is 6.20 Å². The summed E-state index contributed by atoms with van der Waals surface area (Å²) in [5.41, 5.74) is 7.66. The molecule has 0 unspecified atom stereocenters. The second kappa shape index (κ2) is 14.5. The Morgan fingerprint density at radius 2 is 1.57 bits per heavy atom.